The molecule has 0 fully saturated rings. The van der Waals surface area contributed by atoms with Crippen LogP contribution in [0.15, 0.2) is 59.6 Å². The third-order valence-electron chi connectivity index (χ3n) is 3.32. The highest BCUT2D eigenvalue weighted by molar-refractivity contribution is 7.92. The molecule has 0 bridgehead atoms. The van der Waals surface area contributed by atoms with Crippen molar-refractivity contribution in [1.29, 1.82) is 0 Å². The first-order chi connectivity index (χ1) is 11.8. The summed E-state index contributed by atoms with van der Waals surface area (Å²) >= 11 is 0. The number of hydrogen-bond acceptors (Lipinski definition) is 3. The minimum atomic E-state index is -4.32. The van der Waals surface area contributed by atoms with Crippen LogP contribution in [-0.2, 0) is 16.6 Å². The summed E-state index contributed by atoms with van der Waals surface area (Å²) in [5, 5.41) is 4.01. The molecule has 0 atom stereocenters. The summed E-state index contributed by atoms with van der Waals surface area (Å²) in [6.07, 6.45) is 1.50. The normalized spacial score (nSPS) is 11.5. The van der Waals surface area contributed by atoms with Crippen LogP contribution in [0.4, 0.5) is 19.0 Å². The molecule has 0 saturated heterocycles. The number of benzene rings is 2. The summed E-state index contributed by atoms with van der Waals surface area (Å²) in [7, 11) is -4.32. The zero-order valence-electron chi connectivity index (χ0n) is 12.7. The van der Waals surface area contributed by atoms with Crippen LogP contribution in [0.3, 0.4) is 0 Å². The van der Waals surface area contributed by atoms with Crippen molar-refractivity contribution in [3.8, 4) is 0 Å². The van der Waals surface area contributed by atoms with Crippen molar-refractivity contribution < 1.29 is 21.6 Å². The highest BCUT2D eigenvalue weighted by atomic mass is 32.2. The molecule has 0 aliphatic carbocycles. The van der Waals surface area contributed by atoms with E-state index in [4.69, 9.17) is 0 Å². The van der Waals surface area contributed by atoms with E-state index in [1.54, 1.807) is 12.1 Å². The van der Waals surface area contributed by atoms with Crippen molar-refractivity contribution in [2.24, 2.45) is 0 Å². The number of anilines is 1. The van der Waals surface area contributed by atoms with E-state index >= 15 is 0 Å². The van der Waals surface area contributed by atoms with Gasteiger partial charge < -0.3 is 0 Å². The summed E-state index contributed by atoms with van der Waals surface area (Å²) in [5.41, 5.74) is 0.759. The van der Waals surface area contributed by atoms with Crippen LogP contribution < -0.4 is 4.72 Å². The van der Waals surface area contributed by atoms with Crippen LogP contribution in [0, 0.1) is 17.5 Å². The number of halogens is 3. The maximum atomic E-state index is 13.7. The van der Waals surface area contributed by atoms with Gasteiger partial charge in [-0.3, -0.25) is 9.40 Å². The molecule has 3 rings (SSSR count). The third kappa shape index (κ3) is 4.00. The average molecular weight is 367 g/mol. The summed E-state index contributed by atoms with van der Waals surface area (Å²) in [5.74, 6) is -2.36. The van der Waals surface area contributed by atoms with E-state index in [1.807, 2.05) is 0 Å². The number of hydrogen-bond donors (Lipinski definition) is 1. The molecule has 0 spiro atoms. The van der Waals surface area contributed by atoms with E-state index in [2.05, 4.69) is 9.82 Å². The molecular weight excluding hydrogens is 355 g/mol. The van der Waals surface area contributed by atoms with Gasteiger partial charge in [-0.1, -0.05) is 12.1 Å². The maximum absolute atomic E-state index is 13.7. The fourth-order valence-electron chi connectivity index (χ4n) is 2.16. The molecule has 25 heavy (non-hydrogen) atoms. The second-order valence-electron chi connectivity index (χ2n) is 5.21. The van der Waals surface area contributed by atoms with Crippen molar-refractivity contribution >= 4 is 15.8 Å². The lowest BCUT2D eigenvalue weighted by Crippen LogP contribution is -2.15. The number of sulfonamides is 1. The van der Waals surface area contributed by atoms with Gasteiger partial charge in [0.2, 0.25) is 0 Å². The summed E-state index contributed by atoms with van der Waals surface area (Å²) in [6.45, 7) is 0.288. The Labute approximate surface area is 141 Å². The van der Waals surface area contributed by atoms with Crippen molar-refractivity contribution in [3.63, 3.8) is 0 Å². The lowest BCUT2D eigenvalue weighted by Gasteiger charge is -2.07. The Morgan fingerprint density at radius 1 is 0.960 bits per heavy atom. The van der Waals surface area contributed by atoms with E-state index < -0.39 is 26.6 Å². The van der Waals surface area contributed by atoms with Crippen molar-refractivity contribution in [1.82, 2.24) is 9.78 Å². The number of aromatic nitrogens is 2. The molecule has 3 aromatic rings. The average Bonchev–Trinajstić information content (AvgIpc) is 2.98. The van der Waals surface area contributed by atoms with E-state index in [0.717, 1.165) is 17.7 Å². The lowest BCUT2D eigenvalue weighted by atomic mass is 10.2. The van der Waals surface area contributed by atoms with E-state index in [1.165, 1.54) is 29.1 Å². The fourth-order valence-corrected chi connectivity index (χ4v) is 3.24. The quantitative estimate of drug-likeness (QED) is 0.754. The van der Waals surface area contributed by atoms with Gasteiger partial charge in [0.15, 0.2) is 5.82 Å². The molecule has 0 aliphatic heterocycles. The summed E-state index contributed by atoms with van der Waals surface area (Å²) in [6, 6.07) is 9.27. The van der Waals surface area contributed by atoms with Gasteiger partial charge in [0.05, 0.1) is 6.54 Å². The molecule has 0 radical (unpaired) electrons. The van der Waals surface area contributed by atoms with Gasteiger partial charge in [-0.25, -0.2) is 21.6 Å². The Kier molecular flexibility index (Phi) is 4.49. The Bertz CT molecular complexity index is 1000. The van der Waals surface area contributed by atoms with Crippen molar-refractivity contribution in [2.75, 3.05) is 4.72 Å². The van der Waals surface area contributed by atoms with Crippen LogP contribution >= 0.6 is 0 Å². The Morgan fingerprint density at radius 2 is 1.64 bits per heavy atom. The fraction of sp³-hybridized carbons (Fsp3) is 0.0625. The van der Waals surface area contributed by atoms with Crippen molar-refractivity contribution in [2.45, 2.75) is 11.4 Å². The minimum absolute atomic E-state index is 0.0502. The predicted octanol–water partition coefficient (Wildman–Crippen LogP) is 3.15. The minimum Gasteiger partial charge on any atom is -0.266 e. The molecule has 5 nitrogen and oxygen atoms in total. The molecule has 1 aromatic heterocycles. The van der Waals surface area contributed by atoms with E-state index in [9.17, 15) is 21.6 Å². The van der Waals surface area contributed by atoms with Crippen LogP contribution in [0.2, 0.25) is 0 Å². The molecular formula is C16H12F3N3O2S. The number of nitrogens with one attached hydrogen (secondary N) is 1. The summed E-state index contributed by atoms with van der Waals surface area (Å²) < 4.78 is 67.6. The third-order valence-corrected chi connectivity index (χ3v) is 4.69. The maximum Gasteiger partial charge on any atom is 0.266 e. The summed E-state index contributed by atoms with van der Waals surface area (Å²) in [4.78, 5) is -0.805. The van der Waals surface area contributed by atoms with Gasteiger partial charge in [-0.15, -0.1) is 0 Å². The van der Waals surface area contributed by atoms with E-state index in [0.29, 0.717) is 6.07 Å². The monoisotopic (exact) mass is 367 g/mol. The van der Waals surface area contributed by atoms with Crippen LogP contribution in [0.25, 0.3) is 0 Å². The molecule has 0 saturated carbocycles. The predicted molar refractivity (Wildman–Crippen MR) is 84.9 cm³/mol. The standard InChI is InChI=1S/C16H12F3N3O2S/c17-12-3-1-11(2-4-12)10-22-8-7-16(20-22)21-25(23,24)15-9-13(18)5-6-14(15)19/h1-9H,10H2,(H,20,21). The highest BCUT2D eigenvalue weighted by Crippen LogP contribution is 2.19. The second-order valence-corrected chi connectivity index (χ2v) is 6.86. The second kappa shape index (κ2) is 6.60. The zero-order valence-corrected chi connectivity index (χ0v) is 13.5. The van der Waals surface area contributed by atoms with Gasteiger partial charge in [-0.05, 0) is 35.9 Å². The van der Waals surface area contributed by atoms with E-state index in [-0.39, 0.29) is 18.2 Å². The molecule has 0 amide bonds. The molecule has 9 heteroatoms. The Morgan fingerprint density at radius 3 is 2.36 bits per heavy atom. The first kappa shape index (κ1) is 17.0. The Hall–Kier alpha value is -2.81. The zero-order chi connectivity index (χ0) is 18.0. The van der Waals surface area contributed by atoms with Crippen LogP contribution in [0.5, 0.6) is 0 Å². The molecule has 130 valence electrons. The smallest absolute Gasteiger partial charge is 0.266 e. The molecule has 0 unspecified atom stereocenters. The molecule has 1 N–H and O–H groups in total. The lowest BCUT2D eigenvalue weighted by molar-refractivity contribution is 0.555. The molecule has 0 aliphatic rings. The van der Waals surface area contributed by atoms with Gasteiger partial charge >= 0.3 is 0 Å². The largest absolute Gasteiger partial charge is 0.266 e. The van der Waals surface area contributed by atoms with Gasteiger partial charge in [-0.2, -0.15) is 5.10 Å². The van der Waals surface area contributed by atoms with Gasteiger partial charge in [0.25, 0.3) is 10.0 Å². The SMILES string of the molecule is O=S(=O)(Nc1ccn(Cc2ccc(F)cc2)n1)c1cc(F)ccc1F. The number of rotatable bonds is 5. The molecule has 2 aromatic carbocycles. The van der Waals surface area contributed by atoms with Crippen LogP contribution in [0.1, 0.15) is 5.56 Å². The number of nitrogens with zero attached hydrogens (tertiary/aromatic N) is 2. The molecule has 1 heterocycles. The Balaban J connectivity index is 1.78. The highest BCUT2D eigenvalue weighted by Gasteiger charge is 2.21. The topological polar surface area (TPSA) is 64.0 Å². The first-order valence-electron chi connectivity index (χ1n) is 7.09. The first-order valence-corrected chi connectivity index (χ1v) is 8.57. The van der Waals surface area contributed by atoms with Gasteiger partial charge in [0.1, 0.15) is 22.3 Å². The van der Waals surface area contributed by atoms with Gasteiger partial charge in [0, 0.05) is 12.3 Å². The van der Waals surface area contributed by atoms with Crippen molar-refractivity contribution in [3.05, 3.63) is 77.7 Å². The van der Waals surface area contributed by atoms with Crippen LogP contribution in [-0.4, -0.2) is 18.2 Å².